The van der Waals surface area contributed by atoms with Crippen LogP contribution in [0.4, 0.5) is 0 Å². The maximum absolute atomic E-state index is 3.88. The molecular formula is C18H14Br2. The highest BCUT2D eigenvalue weighted by Crippen LogP contribution is 2.41. The fourth-order valence-corrected chi connectivity index (χ4v) is 3.22. The van der Waals surface area contributed by atoms with Crippen LogP contribution in [0, 0.1) is 0 Å². The van der Waals surface area contributed by atoms with E-state index in [0.29, 0.717) is 0 Å². The van der Waals surface area contributed by atoms with Gasteiger partial charge < -0.3 is 0 Å². The summed E-state index contributed by atoms with van der Waals surface area (Å²) >= 11 is 7.35. The fourth-order valence-electron chi connectivity index (χ4n) is 2.40. The lowest BCUT2D eigenvalue weighted by Crippen LogP contribution is -2.16. The molecule has 2 aromatic rings. The third-order valence-corrected chi connectivity index (χ3v) is 5.15. The van der Waals surface area contributed by atoms with Crippen molar-refractivity contribution >= 4 is 37.4 Å². The highest BCUT2D eigenvalue weighted by Gasteiger charge is 2.26. The Balaban J connectivity index is 1.85. The molecule has 1 unspecified atom stereocenters. The molecule has 0 aromatic heterocycles. The van der Waals surface area contributed by atoms with E-state index in [2.05, 4.69) is 105 Å². The summed E-state index contributed by atoms with van der Waals surface area (Å²) in [5.41, 5.74) is 3.83. The molecular weight excluding hydrogens is 376 g/mol. The van der Waals surface area contributed by atoms with E-state index in [-0.39, 0.29) is 4.32 Å². The maximum atomic E-state index is 3.88. The molecule has 0 N–H and O–H groups in total. The zero-order valence-electron chi connectivity index (χ0n) is 10.9. The highest BCUT2D eigenvalue weighted by atomic mass is 79.9. The third kappa shape index (κ3) is 2.82. The van der Waals surface area contributed by atoms with Crippen molar-refractivity contribution in [1.29, 1.82) is 0 Å². The number of rotatable bonds is 2. The Morgan fingerprint density at radius 3 is 2.20 bits per heavy atom. The van der Waals surface area contributed by atoms with Crippen molar-refractivity contribution in [2.75, 3.05) is 0 Å². The van der Waals surface area contributed by atoms with Crippen LogP contribution in [0.25, 0.3) is 5.57 Å². The van der Waals surface area contributed by atoms with Gasteiger partial charge in [-0.25, -0.2) is 0 Å². The first-order valence-corrected chi connectivity index (χ1v) is 8.16. The number of hydrogen-bond acceptors (Lipinski definition) is 0. The van der Waals surface area contributed by atoms with E-state index >= 15 is 0 Å². The van der Waals surface area contributed by atoms with Gasteiger partial charge in [0.05, 0.1) is 4.32 Å². The SMILES string of the molecule is Brc1ccc(C2=CCC(Br)(c3ccccc3)C=C2)cc1. The molecule has 1 aliphatic carbocycles. The predicted molar refractivity (Wildman–Crippen MR) is 92.9 cm³/mol. The van der Waals surface area contributed by atoms with Crippen LogP contribution in [0.1, 0.15) is 17.5 Å². The molecule has 2 aromatic carbocycles. The smallest absolute Gasteiger partial charge is 0.0723 e. The Kier molecular flexibility index (Phi) is 3.95. The van der Waals surface area contributed by atoms with E-state index in [9.17, 15) is 0 Å². The lowest BCUT2D eigenvalue weighted by atomic mass is 9.88. The maximum Gasteiger partial charge on any atom is 0.0723 e. The van der Waals surface area contributed by atoms with Crippen molar-refractivity contribution in [3.63, 3.8) is 0 Å². The summed E-state index contributed by atoms with van der Waals surface area (Å²) in [6.07, 6.45) is 7.71. The van der Waals surface area contributed by atoms with Crippen molar-refractivity contribution in [1.82, 2.24) is 0 Å². The minimum Gasteiger partial charge on any atom is -0.0752 e. The van der Waals surface area contributed by atoms with Gasteiger partial charge >= 0.3 is 0 Å². The molecule has 0 spiro atoms. The molecule has 0 saturated heterocycles. The van der Waals surface area contributed by atoms with Crippen LogP contribution < -0.4 is 0 Å². The van der Waals surface area contributed by atoms with Crippen molar-refractivity contribution in [3.8, 4) is 0 Å². The van der Waals surface area contributed by atoms with E-state index in [1.165, 1.54) is 16.7 Å². The molecule has 100 valence electrons. The van der Waals surface area contributed by atoms with E-state index in [4.69, 9.17) is 0 Å². The van der Waals surface area contributed by atoms with E-state index in [1.54, 1.807) is 0 Å². The van der Waals surface area contributed by atoms with Crippen molar-refractivity contribution < 1.29 is 0 Å². The Labute approximate surface area is 136 Å². The van der Waals surface area contributed by atoms with Gasteiger partial charge in [0.1, 0.15) is 0 Å². The van der Waals surface area contributed by atoms with Crippen LogP contribution in [-0.2, 0) is 4.32 Å². The molecule has 0 radical (unpaired) electrons. The summed E-state index contributed by atoms with van der Waals surface area (Å²) in [6.45, 7) is 0. The van der Waals surface area contributed by atoms with Crippen LogP contribution in [-0.4, -0.2) is 0 Å². The number of halogens is 2. The zero-order chi connectivity index (χ0) is 14.0. The summed E-state index contributed by atoms with van der Waals surface area (Å²) in [6, 6.07) is 19.0. The van der Waals surface area contributed by atoms with Gasteiger partial charge in [-0.3, -0.25) is 0 Å². The van der Waals surface area contributed by atoms with Gasteiger partial charge in [0.15, 0.2) is 0 Å². The van der Waals surface area contributed by atoms with E-state index in [1.807, 2.05) is 0 Å². The van der Waals surface area contributed by atoms with E-state index in [0.717, 1.165) is 10.9 Å². The van der Waals surface area contributed by atoms with Crippen molar-refractivity contribution in [2.24, 2.45) is 0 Å². The Bertz CT molecular complexity index is 654. The summed E-state index contributed by atoms with van der Waals surface area (Å²) < 4.78 is 1.04. The summed E-state index contributed by atoms with van der Waals surface area (Å²) in [5, 5.41) is 0. The molecule has 0 saturated carbocycles. The highest BCUT2D eigenvalue weighted by molar-refractivity contribution is 9.10. The second-order valence-corrected chi connectivity index (χ2v) is 7.26. The average Bonchev–Trinajstić information content (AvgIpc) is 2.50. The summed E-state index contributed by atoms with van der Waals surface area (Å²) in [4.78, 5) is 0. The molecule has 0 aliphatic heterocycles. The van der Waals surface area contributed by atoms with Gasteiger partial charge in [0.25, 0.3) is 0 Å². The molecule has 0 amide bonds. The lowest BCUT2D eigenvalue weighted by molar-refractivity contribution is 0.800. The quantitative estimate of drug-likeness (QED) is 0.545. The first kappa shape index (κ1) is 13.8. The number of alkyl halides is 1. The minimum absolute atomic E-state index is 0.0763. The Hall–Kier alpha value is -1.12. The second-order valence-electron chi connectivity index (χ2n) is 4.93. The molecule has 20 heavy (non-hydrogen) atoms. The Morgan fingerprint density at radius 1 is 0.900 bits per heavy atom. The van der Waals surface area contributed by atoms with Gasteiger partial charge in [0, 0.05) is 4.47 Å². The van der Waals surface area contributed by atoms with Crippen molar-refractivity contribution in [3.05, 3.63) is 88.4 Å². The fraction of sp³-hybridized carbons (Fsp3) is 0.111. The van der Waals surface area contributed by atoms with Crippen LogP contribution in [0.3, 0.4) is 0 Å². The van der Waals surface area contributed by atoms with Crippen LogP contribution in [0.2, 0.25) is 0 Å². The molecule has 0 fully saturated rings. The minimum atomic E-state index is -0.0763. The molecule has 1 atom stereocenters. The van der Waals surface area contributed by atoms with Crippen LogP contribution in [0.5, 0.6) is 0 Å². The first-order chi connectivity index (χ1) is 9.67. The van der Waals surface area contributed by atoms with Gasteiger partial charge in [-0.05, 0) is 35.3 Å². The lowest BCUT2D eigenvalue weighted by Gasteiger charge is -2.26. The monoisotopic (exact) mass is 388 g/mol. The molecule has 2 heteroatoms. The first-order valence-electron chi connectivity index (χ1n) is 6.57. The summed E-state index contributed by atoms with van der Waals surface area (Å²) in [7, 11) is 0. The third-order valence-electron chi connectivity index (χ3n) is 3.58. The standard InChI is InChI=1S/C18H14Br2/c19-17-8-6-14(7-9-17)15-10-12-18(20,13-11-15)16-4-2-1-3-5-16/h1-12H,13H2. The molecule has 0 bridgehead atoms. The van der Waals surface area contributed by atoms with Gasteiger partial charge in [-0.1, -0.05) is 92.6 Å². The number of benzene rings is 2. The summed E-state index contributed by atoms with van der Waals surface area (Å²) in [5.74, 6) is 0. The predicted octanol–water partition coefficient (Wildman–Crippen LogP) is 6.08. The van der Waals surface area contributed by atoms with Crippen LogP contribution in [0.15, 0.2) is 77.3 Å². The van der Waals surface area contributed by atoms with Gasteiger partial charge in [0.2, 0.25) is 0 Å². The normalized spacial score (nSPS) is 21.6. The van der Waals surface area contributed by atoms with Gasteiger partial charge in [-0.2, -0.15) is 0 Å². The topological polar surface area (TPSA) is 0 Å². The van der Waals surface area contributed by atoms with Gasteiger partial charge in [-0.15, -0.1) is 0 Å². The van der Waals surface area contributed by atoms with Crippen molar-refractivity contribution in [2.45, 2.75) is 10.7 Å². The molecule has 0 nitrogen and oxygen atoms in total. The molecule has 3 rings (SSSR count). The molecule has 0 heterocycles. The average molecular weight is 390 g/mol. The zero-order valence-corrected chi connectivity index (χ0v) is 14.1. The van der Waals surface area contributed by atoms with Crippen LogP contribution >= 0.6 is 31.9 Å². The van der Waals surface area contributed by atoms with E-state index < -0.39 is 0 Å². The molecule has 1 aliphatic rings. The number of allylic oxidation sites excluding steroid dienone is 4. The second kappa shape index (κ2) is 5.71. The largest absolute Gasteiger partial charge is 0.0752 e. The Morgan fingerprint density at radius 2 is 1.60 bits per heavy atom. The number of hydrogen-bond donors (Lipinski definition) is 0.